The normalized spacial score (nSPS) is 29.7. The third-order valence-electron chi connectivity index (χ3n) is 6.79. The Hall–Kier alpha value is 1.12. The lowest BCUT2D eigenvalue weighted by molar-refractivity contribution is 0.115. The summed E-state index contributed by atoms with van der Waals surface area (Å²) in [6, 6.07) is 3.76. The van der Waals surface area contributed by atoms with Gasteiger partial charge in [0.15, 0.2) is 8.32 Å². The van der Waals surface area contributed by atoms with Crippen LogP contribution in [0.25, 0.3) is 0 Å². The van der Waals surface area contributed by atoms with Gasteiger partial charge in [0, 0.05) is 48.2 Å². The highest BCUT2D eigenvalue weighted by atomic mass is 28.5. The van der Waals surface area contributed by atoms with E-state index in [1.807, 2.05) is 0 Å². The van der Waals surface area contributed by atoms with Crippen LogP contribution < -0.4 is 0 Å². The first-order chi connectivity index (χ1) is 19.3. The van der Waals surface area contributed by atoms with Crippen LogP contribution in [0.5, 0.6) is 0 Å². The highest BCUT2D eigenvalue weighted by Crippen LogP contribution is 2.29. The second-order valence-electron chi connectivity index (χ2n) is 14.0. The molecule has 0 aromatic rings. The molecule has 0 N–H and O–H groups in total. The minimum Gasteiger partial charge on any atom is -0.418 e. The van der Waals surface area contributed by atoms with Crippen molar-refractivity contribution >= 4 is 60.9 Å². The molecule has 2 aliphatic rings. The predicted octanol–water partition coefficient (Wildman–Crippen LogP) is 5.55. The molecule has 42 heavy (non-hydrogen) atoms. The van der Waals surface area contributed by atoms with E-state index in [0.717, 1.165) is 37.6 Å². The average molecular weight is 721 g/mol. The van der Waals surface area contributed by atoms with Gasteiger partial charge in [-0.15, -0.1) is 0 Å². The zero-order valence-corrected chi connectivity index (χ0v) is 36.6. The molecule has 252 valence electrons. The van der Waals surface area contributed by atoms with Gasteiger partial charge in [-0.3, -0.25) is 0 Å². The van der Waals surface area contributed by atoms with Gasteiger partial charge in [0.2, 0.25) is 0 Å². The van der Waals surface area contributed by atoms with Gasteiger partial charge in [-0.2, -0.15) is 0 Å². The van der Waals surface area contributed by atoms with E-state index in [4.69, 9.17) is 43.6 Å². The number of hydrogen-bond donors (Lipinski definition) is 0. The molecule has 10 nitrogen and oxygen atoms in total. The van der Waals surface area contributed by atoms with Gasteiger partial charge in [0.25, 0.3) is 0 Å². The fraction of sp³-hybridized carbons (Fsp3) is 1.00. The molecule has 0 saturated carbocycles. The lowest BCUT2D eigenvalue weighted by atomic mass is 10.5. The number of hydrogen-bond acceptors (Lipinski definition) is 10. The van der Waals surface area contributed by atoms with Crippen molar-refractivity contribution in [2.24, 2.45) is 0 Å². The number of ether oxygens (including phenoxy) is 2. The molecule has 2 saturated heterocycles. The Bertz CT molecular complexity index is 710. The van der Waals surface area contributed by atoms with Crippen LogP contribution in [0, 0.1) is 0 Å². The van der Waals surface area contributed by atoms with E-state index in [9.17, 15) is 0 Å². The molecule has 0 bridgehead atoms. The van der Waals surface area contributed by atoms with Crippen LogP contribution in [0.15, 0.2) is 0 Å². The van der Waals surface area contributed by atoms with Crippen LogP contribution in [0.2, 0.25) is 89.6 Å². The molecular formula is C25H64O10Si7. The monoisotopic (exact) mass is 720 g/mol. The highest BCUT2D eigenvalue weighted by molar-refractivity contribution is 6.85. The van der Waals surface area contributed by atoms with Gasteiger partial charge in [0.1, 0.15) is 6.10 Å². The third kappa shape index (κ3) is 18.3. The Kier molecular flexibility index (Phi) is 18.1. The molecular weight excluding hydrogens is 657 g/mol. The molecule has 4 atom stereocenters. The van der Waals surface area contributed by atoms with Crippen molar-refractivity contribution < 1.29 is 43.6 Å². The Morgan fingerprint density at radius 2 is 1.26 bits per heavy atom. The number of epoxide rings is 1. The van der Waals surface area contributed by atoms with Gasteiger partial charge < -0.3 is 43.6 Å². The molecule has 0 aliphatic carbocycles. The van der Waals surface area contributed by atoms with Crippen molar-refractivity contribution in [3.05, 3.63) is 0 Å². The van der Waals surface area contributed by atoms with Gasteiger partial charge in [0.05, 0.1) is 13.2 Å². The van der Waals surface area contributed by atoms with Crippen LogP contribution in [0.1, 0.15) is 19.8 Å². The average Bonchev–Trinajstić information content (AvgIpc) is 3.63. The van der Waals surface area contributed by atoms with Crippen LogP contribution in [0.3, 0.4) is 0 Å². The molecule has 17 heteroatoms. The van der Waals surface area contributed by atoms with Crippen LogP contribution in [-0.2, 0) is 43.6 Å². The van der Waals surface area contributed by atoms with Gasteiger partial charge in [-0.25, -0.2) is 0 Å². The lowest BCUT2D eigenvalue weighted by Gasteiger charge is -2.41. The Labute approximate surface area is 266 Å². The number of rotatable bonds is 17. The SMILES string of the molecule is CC(C[Si](C)(C)C)O[Si](C)(C)C.CO[Si](CCC[Si]1(C)O[SiH](C)O[Si](C)(CCCOCC2CO2)O[SiH](C)O1)(OC)OC. The summed E-state index contributed by atoms with van der Waals surface area (Å²) in [4.78, 5) is 0. The standard InChI is InChI=1S/C16H40O9Si5.C9H24OSi2/c1-17-30(18-2,19-3)13-9-12-29(7)24-26(4)22-28(6,23-27(5)25-29)11-8-10-20-14-16-15-21-16;1-9(8-11(2,3)4)10-12(5,6)7/h16,26-27H,8-15H2,1-7H3;9H,8H2,1-7H3. The first-order valence-electron chi connectivity index (χ1n) is 15.5. The molecule has 0 aromatic carbocycles. The van der Waals surface area contributed by atoms with E-state index in [-0.39, 0.29) is 0 Å². The van der Waals surface area contributed by atoms with E-state index in [1.165, 1.54) is 6.04 Å². The van der Waals surface area contributed by atoms with Crippen molar-refractivity contribution in [1.29, 1.82) is 0 Å². The van der Waals surface area contributed by atoms with Crippen LogP contribution in [0.4, 0.5) is 0 Å². The summed E-state index contributed by atoms with van der Waals surface area (Å²) in [7, 11) is -8.31. The summed E-state index contributed by atoms with van der Waals surface area (Å²) in [5, 5.41) is 0. The maximum atomic E-state index is 6.50. The molecule has 2 aliphatic heterocycles. The van der Waals surface area contributed by atoms with Gasteiger partial charge in [-0.05, 0) is 83.7 Å². The molecule has 2 heterocycles. The third-order valence-corrected chi connectivity index (χ3v) is 28.3. The second-order valence-corrected chi connectivity index (χ2v) is 38.6. The maximum absolute atomic E-state index is 6.50. The van der Waals surface area contributed by atoms with Crippen molar-refractivity contribution in [3.63, 3.8) is 0 Å². The first kappa shape index (κ1) is 41.1. The molecule has 0 amide bonds. The van der Waals surface area contributed by atoms with Crippen molar-refractivity contribution in [2.45, 2.75) is 122 Å². The summed E-state index contributed by atoms with van der Waals surface area (Å²) < 4.78 is 59.3. The Balaban J connectivity index is 0.000000619. The van der Waals surface area contributed by atoms with Crippen LogP contribution >= 0.6 is 0 Å². The van der Waals surface area contributed by atoms with Gasteiger partial charge >= 0.3 is 44.5 Å². The summed E-state index contributed by atoms with van der Waals surface area (Å²) in [5.41, 5.74) is 0. The topological polar surface area (TPSA) is 95.6 Å². The molecule has 0 radical (unpaired) electrons. The van der Waals surface area contributed by atoms with Crippen LogP contribution in [-0.4, -0.2) is 114 Å². The fourth-order valence-electron chi connectivity index (χ4n) is 5.31. The molecule has 2 fully saturated rings. The Morgan fingerprint density at radius 1 is 0.810 bits per heavy atom. The maximum Gasteiger partial charge on any atom is 0.500 e. The molecule has 2 rings (SSSR count). The first-order valence-corrected chi connectivity index (χ1v) is 33.8. The predicted molar refractivity (Wildman–Crippen MR) is 187 cm³/mol. The van der Waals surface area contributed by atoms with Crippen molar-refractivity contribution in [1.82, 2.24) is 0 Å². The second kappa shape index (κ2) is 18.5. The van der Waals surface area contributed by atoms with E-state index in [0.29, 0.717) is 25.4 Å². The van der Waals surface area contributed by atoms with Gasteiger partial charge in [-0.1, -0.05) is 19.6 Å². The molecule has 0 aromatic heterocycles. The molecule has 4 unspecified atom stereocenters. The molecule has 0 spiro atoms. The summed E-state index contributed by atoms with van der Waals surface area (Å²) in [6.07, 6.45) is 2.57. The zero-order valence-electron chi connectivity index (χ0n) is 29.3. The Morgan fingerprint density at radius 3 is 1.64 bits per heavy atom. The largest absolute Gasteiger partial charge is 0.500 e. The van der Waals surface area contributed by atoms with E-state index in [2.05, 4.69) is 72.4 Å². The quantitative estimate of drug-likeness (QED) is 0.108. The zero-order chi connectivity index (χ0) is 32.2. The summed E-state index contributed by atoms with van der Waals surface area (Å²) in [6.45, 7) is 26.8. The lowest BCUT2D eigenvalue weighted by Crippen LogP contribution is -2.58. The highest BCUT2D eigenvalue weighted by Gasteiger charge is 2.46. The minimum atomic E-state index is -2.58. The van der Waals surface area contributed by atoms with Crippen molar-refractivity contribution in [2.75, 3.05) is 41.2 Å². The smallest absolute Gasteiger partial charge is 0.418 e. The van der Waals surface area contributed by atoms with E-state index in [1.54, 1.807) is 21.3 Å². The summed E-state index contributed by atoms with van der Waals surface area (Å²) >= 11 is 0. The van der Waals surface area contributed by atoms with Crippen molar-refractivity contribution in [3.8, 4) is 0 Å². The minimum absolute atomic E-state index is 0.306. The fourth-order valence-corrected chi connectivity index (χ4v) is 28.1. The van der Waals surface area contributed by atoms with E-state index >= 15 is 0 Å². The summed E-state index contributed by atoms with van der Waals surface area (Å²) in [5.74, 6) is 0. The van der Waals surface area contributed by atoms with E-state index < -0.39 is 60.9 Å².